The van der Waals surface area contributed by atoms with Crippen LogP contribution in [0, 0.1) is 0 Å². The Bertz CT molecular complexity index is 1080. The molecule has 0 unspecified atom stereocenters. The van der Waals surface area contributed by atoms with E-state index in [0.29, 0.717) is 12.0 Å². The van der Waals surface area contributed by atoms with Gasteiger partial charge in [0.05, 0.1) is 48.8 Å². The van der Waals surface area contributed by atoms with Gasteiger partial charge >= 0.3 is 0 Å². The number of nitrogens with one attached hydrogen (secondary N) is 2. The second kappa shape index (κ2) is 9.27. The molecule has 2 N–H and O–H groups in total. The first kappa shape index (κ1) is 21.5. The van der Waals surface area contributed by atoms with Crippen LogP contribution in [0.3, 0.4) is 0 Å². The van der Waals surface area contributed by atoms with Gasteiger partial charge in [0.2, 0.25) is 5.95 Å². The summed E-state index contributed by atoms with van der Waals surface area (Å²) < 4.78 is 5.40. The Morgan fingerprint density at radius 1 is 1.18 bits per heavy atom. The number of hydrogen-bond donors (Lipinski definition) is 2. The van der Waals surface area contributed by atoms with Crippen LogP contribution in [0.1, 0.15) is 24.2 Å². The Hall–Kier alpha value is -3.33. The molecule has 9 heteroatoms. The van der Waals surface area contributed by atoms with E-state index in [-0.39, 0.29) is 0 Å². The van der Waals surface area contributed by atoms with Crippen LogP contribution in [0.4, 0.5) is 28.8 Å². The van der Waals surface area contributed by atoms with Crippen LogP contribution in [-0.2, 0) is 17.7 Å². The summed E-state index contributed by atoms with van der Waals surface area (Å²) in [7, 11) is 5.82. The lowest BCUT2D eigenvalue weighted by atomic mass is 10.1. The fourth-order valence-electron chi connectivity index (χ4n) is 4.77. The molecule has 33 heavy (non-hydrogen) atoms. The maximum Gasteiger partial charge on any atom is 0.229 e. The maximum atomic E-state index is 5.40. The van der Waals surface area contributed by atoms with Crippen LogP contribution in [-0.4, -0.2) is 66.9 Å². The number of anilines is 5. The largest absolute Gasteiger partial charge is 0.383 e. The minimum Gasteiger partial charge on any atom is -0.383 e. The number of ether oxygens (including phenoxy) is 1. The first-order chi connectivity index (χ1) is 16.1. The van der Waals surface area contributed by atoms with Gasteiger partial charge in [-0.05, 0) is 37.1 Å². The van der Waals surface area contributed by atoms with Gasteiger partial charge in [-0.25, -0.2) is 9.97 Å². The summed E-state index contributed by atoms with van der Waals surface area (Å²) >= 11 is 0. The van der Waals surface area contributed by atoms with Crippen molar-refractivity contribution in [2.24, 2.45) is 0 Å². The smallest absolute Gasteiger partial charge is 0.229 e. The highest BCUT2D eigenvalue weighted by Gasteiger charge is 2.25. The van der Waals surface area contributed by atoms with Crippen molar-refractivity contribution in [2.45, 2.75) is 31.8 Å². The maximum absolute atomic E-state index is 5.40. The first-order valence-electron chi connectivity index (χ1n) is 11.6. The minimum absolute atomic E-state index is 0.457. The van der Waals surface area contributed by atoms with E-state index < -0.39 is 0 Å². The highest BCUT2D eigenvalue weighted by atomic mass is 16.5. The molecule has 0 radical (unpaired) electrons. The Kier molecular flexibility index (Phi) is 6.04. The predicted molar refractivity (Wildman–Crippen MR) is 132 cm³/mol. The SMILES string of the molecule is COC[C@H]1CCCN1c1ccc(Nc2ncc(N(C)C)c(N3CCc4nc[nH]c4C3)n2)cc1. The summed E-state index contributed by atoms with van der Waals surface area (Å²) in [6, 6.07) is 8.97. The van der Waals surface area contributed by atoms with Crippen LogP contribution < -0.4 is 20.0 Å². The van der Waals surface area contributed by atoms with E-state index in [1.807, 2.05) is 20.3 Å². The summed E-state index contributed by atoms with van der Waals surface area (Å²) in [5, 5.41) is 3.39. The van der Waals surface area contributed by atoms with Gasteiger partial charge in [0, 0.05) is 52.1 Å². The molecule has 1 aromatic carbocycles. The Morgan fingerprint density at radius 2 is 2.03 bits per heavy atom. The van der Waals surface area contributed by atoms with Gasteiger partial charge < -0.3 is 29.7 Å². The van der Waals surface area contributed by atoms with Crippen LogP contribution in [0.2, 0.25) is 0 Å². The number of nitrogens with zero attached hydrogens (tertiary/aromatic N) is 6. The summed E-state index contributed by atoms with van der Waals surface area (Å²) in [5.74, 6) is 1.52. The summed E-state index contributed by atoms with van der Waals surface area (Å²) in [5.41, 5.74) is 5.50. The summed E-state index contributed by atoms with van der Waals surface area (Å²) in [4.78, 5) is 24.0. The number of fused-ring (bicyclic) bond motifs is 1. The van der Waals surface area contributed by atoms with Crippen molar-refractivity contribution in [1.29, 1.82) is 0 Å². The number of aromatic nitrogens is 4. The van der Waals surface area contributed by atoms with Crippen LogP contribution in [0.5, 0.6) is 0 Å². The van der Waals surface area contributed by atoms with E-state index in [2.05, 4.69) is 59.2 Å². The molecule has 5 rings (SSSR count). The van der Waals surface area contributed by atoms with Gasteiger partial charge in [0.25, 0.3) is 0 Å². The average molecular weight is 449 g/mol. The minimum atomic E-state index is 0.457. The zero-order valence-corrected chi connectivity index (χ0v) is 19.6. The molecule has 0 amide bonds. The number of H-pyrrole nitrogens is 1. The number of aromatic amines is 1. The molecular weight excluding hydrogens is 416 g/mol. The number of imidazole rings is 1. The van der Waals surface area contributed by atoms with Gasteiger partial charge in [-0.2, -0.15) is 4.98 Å². The third kappa shape index (κ3) is 4.45. The molecule has 2 aliphatic rings. The second-order valence-electron chi connectivity index (χ2n) is 8.91. The molecule has 1 atom stereocenters. The van der Waals surface area contributed by atoms with Gasteiger partial charge in [0.1, 0.15) is 0 Å². The van der Waals surface area contributed by atoms with Crippen LogP contribution in [0.25, 0.3) is 0 Å². The Balaban J connectivity index is 1.34. The zero-order valence-electron chi connectivity index (χ0n) is 19.6. The van der Waals surface area contributed by atoms with E-state index in [4.69, 9.17) is 9.72 Å². The highest BCUT2D eigenvalue weighted by Crippen LogP contribution is 2.31. The lowest BCUT2D eigenvalue weighted by Crippen LogP contribution is -2.32. The monoisotopic (exact) mass is 448 g/mol. The number of hydrogen-bond acceptors (Lipinski definition) is 8. The molecule has 0 saturated carbocycles. The van der Waals surface area contributed by atoms with Crippen LogP contribution in [0.15, 0.2) is 36.8 Å². The van der Waals surface area contributed by atoms with Crippen molar-refractivity contribution in [3.05, 3.63) is 48.2 Å². The van der Waals surface area contributed by atoms with Crippen molar-refractivity contribution in [2.75, 3.05) is 60.9 Å². The fraction of sp³-hybridized carbons (Fsp3) is 0.458. The van der Waals surface area contributed by atoms with E-state index in [0.717, 1.165) is 61.2 Å². The van der Waals surface area contributed by atoms with Crippen molar-refractivity contribution in [3.8, 4) is 0 Å². The number of methoxy groups -OCH3 is 1. The normalized spacial score (nSPS) is 17.8. The molecule has 3 aromatic rings. The Morgan fingerprint density at radius 3 is 2.82 bits per heavy atom. The van der Waals surface area contributed by atoms with Gasteiger partial charge in [0.15, 0.2) is 5.82 Å². The quantitative estimate of drug-likeness (QED) is 0.570. The topological polar surface area (TPSA) is 85.4 Å². The second-order valence-corrected chi connectivity index (χ2v) is 8.91. The first-order valence-corrected chi connectivity index (χ1v) is 11.6. The van der Waals surface area contributed by atoms with Crippen molar-refractivity contribution in [3.63, 3.8) is 0 Å². The zero-order chi connectivity index (χ0) is 22.8. The highest BCUT2D eigenvalue weighted by molar-refractivity contribution is 5.69. The molecule has 2 aromatic heterocycles. The molecule has 4 heterocycles. The number of rotatable bonds is 7. The van der Waals surface area contributed by atoms with Crippen molar-refractivity contribution < 1.29 is 4.74 Å². The van der Waals surface area contributed by atoms with Crippen molar-refractivity contribution >= 4 is 28.8 Å². The van der Waals surface area contributed by atoms with E-state index in [9.17, 15) is 0 Å². The fourth-order valence-corrected chi connectivity index (χ4v) is 4.77. The molecule has 1 saturated heterocycles. The summed E-state index contributed by atoms with van der Waals surface area (Å²) in [6.07, 6.45) is 6.96. The third-order valence-corrected chi connectivity index (χ3v) is 6.50. The number of benzene rings is 1. The van der Waals surface area contributed by atoms with E-state index >= 15 is 0 Å². The van der Waals surface area contributed by atoms with Crippen molar-refractivity contribution in [1.82, 2.24) is 19.9 Å². The lowest BCUT2D eigenvalue weighted by Gasteiger charge is -2.30. The molecule has 1 fully saturated rings. The molecule has 0 aliphatic carbocycles. The lowest BCUT2D eigenvalue weighted by molar-refractivity contribution is 0.181. The molecule has 9 nitrogen and oxygen atoms in total. The van der Waals surface area contributed by atoms with Gasteiger partial charge in [-0.15, -0.1) is 0 Å². The molecule has 0 spiro atoms. The standard InChI is InChI=1S/C24H32N8O/c1-30(2)22-13-25-24(29-23(22)31-12-10-20-21(14-31)27-16-26-20)28-17-6-8-18(9-7-17)32-11-4-5-19(32)15-33-3/h6-9,13,16,19H,4-5,10-12,14-15H2,1-3H3,(H,26,27)(H,25,28,29)/t19-/m1/s1. The molecule has 2 aliphatic heterocycles. The van der Waals surface area contributed by atoms with E-state index in [1.165, 1.54) is 18.5 Å². The van der Waals surface area contributed by atoms with E-state index in [1.54, 1.807) is 13.4 Å². The Labute approximate surface area is 194 Å². The molecule has 174 valence electrons. The predicted octanol–water partition coefficient (Wildman–Crippen LogP) is 3.19. The molecular formula is C24H32N8O. The van der Waals surface area contributed by atoms with Gasteiger partial charge in [-0.1, -0.05) is 0 Å². The molecule has 0 bridgehead atoms. The third-order valence-electron chi connectivity index (χ3n) is 6.50. The summed E-state index contributed by atoms with van der Waals surface area (Å²) in [6.45, 7) is 3.49. The van der Waals surface area contributed by atoms with Crippen LogP contribution >= 0.6 is 0 Å². The van der Waals surface area contributed by atoms with Gasteiger partial charge in [-0.3, -0.25) is 0 Å². The average Bonchev–Trinajstić information content (AvgIpc) is 3.49.